The molecule has 1 heteroatoms. The first-order valence-electron chi connectivity index (χ1n) is 19.6. The van der Waals surface area contributed by atoms with E-state index in [1.54, 1.807) is 0 Å². The third-order valence-corrected chi connectivity index (χ3v) is 12.6. The molecular formula is C55H36O. The van der Waals surface area contributed by atoms with Gasteiger partial charge in [0.25, 0.3) is 0 Å². The maximum Gasteiger partial charge on any atom is 0.136 e. The quantitative estimate of drug-likeness (QED) is 0.166. The van der Waals surface area contributed by atoms with Crippen LogP contribution in [0.15, 0.2) is 186 Å². The van der Waals surface area contributed by atoms with Crippen molar-refractivity contribution in [2.24, 2.45) is 0 Å². The van der Waals surface area contributed by atoms with Gasteiger partial charge in [0.1, 0.15) is 11.2 Å². The van der Waals surface area contributed by atoms with Crippen LogP contribution in [0.2, 0.25) is 0 Å². The number of benzene rings is 10. The third-order valence-electron chi connectivity index (χ3n) is 12.6. The van der Waals surface area contributed by atoms with Gasteiger partial charge in [-0.3, -0.25) is 0 Å². The Morgan fingerprint density at radius 3 is 1.57 bits per heavy atom. The zero-order chi connectivity index (χ0) is 37.1. The lowest BCUT2D eigenvalue weighted by Gasteiger charge is -2.21. The molecule has 0 aliphatic heterocycles. The van der Waals surface area contributed by atoms with E-state index < -0.39 is 0 Å². The van der Waals surface area contributed by atoms with Crippen LogP contribution in [0.4, 0.5) is 0 Å². The molecule has 1 heterocycles. The van der Waals surface area contributed by atoms with Gasteiger partial charge in [-0.2, -0.15) is 0 Å². The third kappa shape index (κ3) is 4.37. The molecular weight excluding hydrogens is 677 g/mol. The van der Waals surface area contributed by atoms with Crippen molar-refractivity contribution < 1.29 is 4.42 Å². The van der Waals surface area contributed by atoms with Gasteiger partial charge in [0.05, 0.1) is 0 Å². The molecule has 56 heavy (non-hydrogen) atoms. The van der Waals surface area contributed by atoms with Gasteiger partial charge in [-0.05, 0) is 129 Å². The Balaban J connectivity index is 1.06. The van der Waals surface area contributed by atoms with Gasteiger partial charge in [-0.25, -0.2) is 0 Å². The highest BCUT2D eigenvalue weighted by Gasteiger charge is 2.36. The molecule has 0 atom stereocenters. The molecule has 11 aromatic rings. The Kier molecular flexibility index (Phi) is 6.46. The van der Waals surface area contributed by atoms with Crippen LogP contribution < -0.4 is 0 Å². The second-order valence-electron chi connectivity index (χ2n) is 16.0. The van der Waals surface area contributed by atoms with E-state index >= 15 is 0 Å². The molecule has 0 amide bonds. The Morgan fingerprint density at radius 1 is 0.339 bits per heavy atom. The molecule has 1 aliphatic carbocycles. The van der Waals surface area contributed by atoms with E-state index in [1.807, 2.05) is 0 Å². The van der Waals surface area contributed by atoms with E-state index in [0.717, 1.165) is 16.6 Å². The zero-order valence-corrected chi connectivity index (χ0v) is 31.2. The van der Waals surface area contributed by atoms with Gasteiger partial charge in [-0.15, -0.1) is 0 Å². The van der Waals surface area contributed by atoms with Gasteiger partial charge in [0.2, 0.25) is 0 Å². The summed E-state index contributed by atoms with van der Waals surface area (Å²) in [5.41, 5.74) is 14.7. The molecule has 0 fully saturated rings. The highest BCUT2D eigenvalue weighted by Crippen LogP contribution is 2.52. The van der Waals surface area contributed by atoms with Crippen LogP contribution >= 0.6 is 0 Å². The van der Waals surface area contributed by atoms with Crippen molar-refractivity contribution in [3.05, 3.63) is 193 Å². The molecule has 0 spiro atoms. The summed E-state index contributed by atoms with van der Waals surface area (Å²) in [6, 6.07) is 67.2. The first-order chi connectivity index (χ1) is 27.5. The van der Waals surface area contributed by atoms with Gasteiger partial charge in [0, 0.05) is 16.2 Å². The molecule has 0 N–H and O–H groups in total. The summed E-state index contributed by atoms with van der Waals surface area (Å²) < 4.78 is 6.42. The molecule has 0 saturated carbocycles. The van der Waals surface area contributed by atoms with Crippen LogP contribution in [0.5, 0.6) is 0 Å². The van der Waals surface area contributed by atoms with Crippen LogP contribution in [0, 0.1) is 0 Å². The lowest BCUT2D eigenvalue weighted by Crippen LogP contribution is -2.14. The molecule has 1 aliphatic rings. The van der Waals surface area contributed by atoms with Crippen LogP contribution in [0.3, 0.4) is 0 Å². The van der Waals surface area contributed by atoms with E-state index in [1.165, 1.54) is 104 Å². The highest BCUT2D eigenvalue weighted by molar-refractivity contribution is 6.24. The summed E-state index contributed by atoms with van der Waals surface area (Å²) >= 11 is 0. The molecule has 0 bridgehead atoms. The largest absolute Gasteiger partial charge is 0.456 e. The summed E-state index contributed by atoms with van der Waals surface area (Å²) in [5, 5.41) is 12.4. The molecule has 12 rings (SSSR count). The van der Waals surface area contributed by atoms with Crippen molar-refractivity contribution in [2.75, 3.05) is 0 Å². The minimum atomic E-state index is -0.0579. The maximum atomic E-state index is 6.42. The standard InChI is InChI=1S/C55H36O/c1-55(2)47-26-23-36(31-45(47)53-39-16-5-3-12-33(39)22-27-48(53)55)35-14-11-15-37(30-35)51-41-18-7-9-20-43(41)52(44-21-10-8-19-42(44)51)38-25-28-49-46(32-38)54-40-17-6-4-13-34(40)24-29-50(54)56-49/h3-32H,1-2H3. The summed E-state index contributed by atoms with van der Waals surface area (Å²) in [7, 11) is 0. The minimum Gasteiger partial charge on any atom is -0.456 e. The van der Waals surface area contributed by atoms with Crippen LogP contribution in [0.1, 0.15) is 25.0 Å². The number of rotatable bonds is 3. The summed E-state index contributed by atoms with van der Waals surface area (Å²) in [4.78, 5) is 0. The molecule has 10 aromatic carbocycles. The van der Waals surface area contributed by atoms with Gasteiger partial charge >= 0.3 is 0 Å². The topological polar surface area (TPSA) is 13.1 Å². The predicted molar refractivity (Wildman–Crippen MR) is 238 cm³/mol. The fourth-order valence-corrected chi connectivity index (χ4v) is 10.0. The van der Waals surface area contributed by atoms with Crippen molar-refractivity contribution in [1.29, 1.82) is 0 Å². The number of fused-ring (bicyclic) bond motifs is 12. The zero-order valence-electron chi connectivity index (χ0n) is 31.2. The number of hydrogen-bond acceptors (Lipinski definition) is 1. The second kappa shape index (κ2) is 11.5. The van der Waals surface area contributed by atoms with Crippen LogP contribution in [0.25, 0.3) is 110 Å². The van der Waals surface area contributed by atoms with Crippen LogP contribution in [-0.2, 0) is 5.41 Å². The highest BCUT2D eigenvalue weighted by atomic mass is 16.3. The monoisotopic (exact) mass is 712 g/mol. The van der Waals surface area contributed by atoms with E-state index in [2.05, 4.69) is 196 Å². The smallest absolute Gasteiger partial charge is 0.136 e. The van der Waals surface area contributed by atoms with Crippen LogP contribution in [-0.4, -0.2) is 0 Å². The average molecular weight is 713 g/mol. The second-order valence-corrected chi connectivity index (χ2v) is 16.0. The van der Waals surface area contributed by atoms with Gasteiger partial charge in [0.15, 0.2) is 0 Å². The van der Waals surface area contributed by atoms with Gasteiger partial charge < -0.3 is 4.42 Å². The summed E-state index contributed by atoms with van der Waals surface area (Å²) in [6.07, 6.45) is 0. The summed E-state index contributed by atoms with van der Waals surface area (Å²) in [5.74, 6) is 0. The number of hydrogen-bond donors (Lipinski definition) is 0. The Bertz CT molecular complexity index is 3390. The lowest BCUT2D eigenvalue weighted by molar-refractivity contribution is 0.661. The average Bonchev–Trinajstić information content (AvgIpc) is 3.74. The predicted octanol–water partition coefficient (Wildman–Crippen LogP) is 15.5. The lowest BCUT2D eigenvalue weighted by atomic mass is 9.81. The van der Waals surface area contributed by atoms with E-state index in [4.69, 9.17) is 4.42 Å². The summed E-state index contributed by atoms with van der Waals surface area (Å²) in [6.45, 7) is 4.73. The first-order valence-corrected chi connectivity index (χ1v) is 19.6. The Labute approximate surface area is 325 Å². The number of furan rings is 1. The van der Waals surface area contributed by atoms with Crippen molar-refractivity contribution in [2.45, 2.75) is 19.3 Å². The molecule has 1 aromatic heterocycles. The fraction of sp³-hybridized carbons (Fsp3) is 0.0545. The molecule has 1 nitrogen and oxygen atoms in total. The molecule has 0 unspecified atom stereocenters. The van der Waals surface area contributed by atoms with E-state index in [-0.39, 0.29) is 5.41 Å². The van der Waals surface area contributed by atoms with Crippen molar-refractivity contribution >= 4 is 65.0 Å². The molecule has 262 valence electrons. The normalized spacial score (nSPS) is 13.3. The maximum absolute atomic E-state index is 6.42. The molecule has 0 saturated heterocycles. The van der Waals surface area contributed by atoms with Crippen molar-refractivity contribution in [3.63, 3.8) is 0 Å². The molecule has 0 radical (unpaired) electrons. The Morgan fingerprint density at radius 2 is 0.857 bits per heavy atom. The fourth-order valence-electron chi connectivity index (χ4n) is 10.0. The minimum absolute atomic E-state index is 0.0579. The van der Waals surface area contributed by atoms with E-state index in [9.17, 15) is 0 Å². The van der Waals surface area contributed by atoms with Crippen molar-refractivity contribution in [1.82, 2.24) is 0 Å². The van der Waals surface area contributed by atoms with Crippen molar-refractivity contribution in [3.8, 4) is 44.5 Å². The van der Waals surface area contributed by atoms with E-state index in [0.29, 0.717) is 0 Å². The SMILES string of the molecule is CC1(C)c2ccc(-c3cccc(-c4c5ccccc5c(-c5ccc6oc7ccc8ccccc8c7c6c5)c5ccccc45)c3)cc2-c2c1ccc1ccccc21. The Hall–Kier alpha value is -6.96. The van der Waals surface area contributed by atoms with Gasteiger partial charge in [-0.1, -0.05) is 166 Å². The first kappa shape index (κ1) is 31.4.